The summed E-state index contributed by atoms with van der Waals surface area (Å²) in [6, 6.07) is 0. The Bertz CT molecular complexity index is 531. The number of rotatable bonds is 24. The zero-order chi connectivity index (χ0) is 26.2. The van der Waals surface area contributed by atoms with Gasteiger partial charge in [-0.3, -0.25) is 14.4 Å². The first-order valence-electron chi connectivity index (χ1n) is 14.4. The smallest absolute Gasteiger partial charge is 0.306 e. The van der Waals surface area contributed by atoms with Gasteiger partial charge in [0.25, 0.3) is 0 Å². The first-order valence-corrected chi connectivity index (χ1v) is 14.4. The lowest BCUT2D eigenvalue weighted by atomic mass is 10.1. The molecule has 0 spiro atoms. The second-order valence-corrected chi connectivity index (χ2v) is 10.2. The Morgan fingerprint density at radius 2 is 0.943 bits per heavy atom. The molecule has 0 saturated carbocycles. The molecule has 6 heteroatoms. The highest BCUT2D eigenvalue weighted by Crippen LogP contribution is 2.12. The summed E-state index contributed by atoms with van der Waals surface area (Å²) in [5.41, 5.74) is 0. The van der Waals surface area contributed by atoms with E-state index in [9.17, 15) is 14.4 Å². The average molecular weight is 499 g/mol. The van der Waals surface area contributed by atoms with Crippen molar-refractivity contribution >= 4 is 17.9 Å². The van der Waals surface area contributed by atoms with Crippen molar-refractivity contribution in [1.82, 2.24) is 0 Å². The Balaban J connectivity index is 4.39. The third-order valence-electron chi connectivity index (χ3n) is 6.04. The lowest BCUT2D eigenvalue weighted by Gasteiger charge is -2.18. The molecular formula is C29H54O6. The Kier molecular flexibility index (Phi) is 23.0. The van der Waals surface area contributed by atoms with Crippen molar-refractivity contribution in [3.05, 3.63) is 0 Å². The second kappa shape index (κ2) is 24.1. The second-order valence-electron chi connectivity index (χ2n) is 10.2. The summed E-state index contributed by atoms with van der Waals surface area (Å²) >= 11 is 0. The van der Waals surface area contributed by atoms with Crippen LogP contribution in [0, 0.1) is 5.92 Å². The topological polar surface area (TPSA) is 78.9 Å². The van der Waals surface area contributed by atoms with E-state index in [1.807, 2.05) is 0 Å². The van der Waals surface area contributed by atoms with Gasteiger partial charge in [-0.15, -0.1) is 0 Å². The maximum Gasteiger partial charge on any atom is 0.306 e. The minimum absolute atomic E-state index is 0.0719. The lowest BCUT2D eigenvalue weighted by Crippen LogP contribution is -2.30. The van der Waals surface area contributed by atoms with Gasteiger partial charge in [0.2, 0.25) is 0 Å². The minimum Gasteiger partial charge on any atom is -0.462 e. The quantitative estimate of drug-likeness (QED) is 0.0770. The van der Waals surface area contributed by atoms with Crippen LogP contribution in [0.15, 0.2) is 0 Å². The zero-order valence-electron chi connectivity index (χ0n) is 23.2. The normalized spacial score (nSPS) is 11.9. The van der Waals surface area contributed by atoms with Crippen LogP contribution < -0.4 is 0 Å². The van der Waals surface area contributed by atoms with E-state index in [0.717, 1.165) is 57.8 Å². The van der Waals surface area contributed by atoms with Crippen LogP contribution in [-0.2, 0) is 28.6 Å². The molecule has 0 heterocycles. The van der Waals surface area contributed by atoms with Crippen molar-refractivity contribution in [2.75, 3.05) is 13.2 Å². The summed E-state index contributed by atoms with van der Waals surface area (Å²) in [6.07, 6.45) is 16.2. The molecule has 0 rings (SSSR count). The van der Waals surface area contributed by atoms with Crippen LogP contribution in [0.25, 0.3) is 0 Å². The van der Waals surface area contributed by atoms with Gasteiger partial charge in [-0.25, -0.2) is 0 Å². The van der Waals surface area contributed by atoms with E-state index in [1.165, 1.54) is 38.5 Å². The van der Waals surface area contributed by atoms with E-state index in [0.29, 0.717) is 25.2 Å². The van der Waals surface area contributed by atoms with Gasteiger partial charge in [0.15, 0.2) is 6.10 Å². The molecule has 0 N–H and O–H groups in total. The summed E-state index contributed by atoms with van der Waals surface area (Å²) in [6.45, 7) is 8.54. The number of carbonyl (C=O) groups excluding carboxylic acids is 3. The van der Waals surface area contributed by atoms with Crippen molar-refractivity contribution in [3.8, 4) is 0 Å². The highest BCUT2D eigenvalue weighted by molar-refractivity contribution is 5.71. The molecular weight excluding hydrogens is 444 g/mol. The van der Waals surface area contributed by atoms with Crippen LogP contribution in [0.2, 0.25) is 0 Å². The molecule has 1 atom stereocenters. The summed E-state index contributed by atoms with van der Waals surface area (Å²) in [7, 11) is 0. The fourth-order valence-electron chi connectivity index (χ4n) is 3.80. The van der Waals surface area contributed by atoms with Crippen molar-refractivity contribution in [2.24, 2.45) is 5.92 Å². The average Bonchev–Trinajstić information content (AvgIpc) is 2.82. The molecule has 35 heavy (non-hydrogen) atoms. The van der Waals surface area contributed by atoms with Crippen LogP contribution in [0.5, 0.6) is 0 Å². The SMILES string of the molecule is CCCCCCCCC(=O)OCC(COC(=O)CCCCC(C)C)OC(=O)CCCCCCCC. The monoisotopic (exact) mass is 498 g/mol. The largest absolute Gasteiger partial charge is 0.462 e. The molecule has 0 saturated heterocycles. The first kappa shape index (κ1) is 33.4. The molecule has 0 aliphatic rings. The first-order chi connectivity index (χ1) is 16.9. The predicted octanol–water partition coefficient (Wildman–Crippen LogP) is 7.70. The number of hydrogen-bond donors (Lipinski definition) is 0. The maximum atomic E-state index is 12.3. The molecule has 0 radical (unpaired) electrons. The van der Waals surface area contributed by atoms with Gasteiger partial charge >= 0.3 is 17.9 Å². The van der Waals surface area contributed by atoms with Crippen LogP contribution in [-0.4, -0.2) is 37.2 Å². The van der Waals surface area contributed by atoms with E-state index < -0.39 is 6.10 Å². The molecule has 0 aromatic carbocycles. The Morgan fingerprint density at radius 3 is 1.40 bits per heavy atom. The van der Waals surface area contributed by atoms with E-state index in [1.54, 1.807) is 0 Å². The highest BCUT2D eigenvalue weighted by atomic mass is 16.6. The summed E-state index contributed by atoms with van der Waals surface area (Å²) in [5.74, 6) is -0.306. The standard InChI is InChI=1S/C29H54O6/c1-5-7-9-11-13-15-20-27(30)33-23-26(24-34-28(31)21-18-17-19-25(3)4)35-29(32)22-16-14-12-10-8-6-2/h25-26H,5-24H2,1-4H3. The molecule has 1 unspecified atom stereocenters. The van der Waals surface area contributed by atoms with Gasteiger partial charge in [-0.1, -0.05) is 105 Å². The van der Waals surface area contributed by atoms with Crippen molar-refractivity contribution in [2.45, 2.75) is 149 Å². The van der Waals surface area contributed by atoms with Crippen LogP contribution in [0.4, 0.5) is 0 Å². The van der Waals surface area contributed by atoms with Crippen LogP contribution in [0.1, 0.15) is 143 Å². The number of ether oxygens (including phenoxy) is 3. The fraction of sp³-hybridized carbons (Fsp3) is 0.897. The number of esters is 3. The van der Waals surface area contributed by atoms with Gasteiger partial charge in [0.1, 0.15) is 13.2 Å². The molecule has 0 aliphatic heterocycles. The van der Waals surface area contributed by atoms with Crippen molar-refractivity contribution in [1.29, 1.82) is 0 Å². The van der Waals surface area contributed by atoms with E-state index in [4.69, 9.17) is 14.2 Å². The predicted molar refractivity (Wildman–Crippen MR) is 141 cm³/mol. The molecule has 0 fully saturated rings. The summed E-state index contributed by atoms with van der Waals surface area (Å²) < 4.78 is 16.2. The summed E-state index contributed by atoms with van der Waals surface area (Å²) in [4.78, 5) is 36.5. The van der Waals surface area contributed by atoms with Crippen molar-refractivity contribution in [3.63, 3.8) is 0 Å². The summed E-state index contributed by atoms with van der Waals surface area (Å²) in [5, 5.41) is 0. The maximum absolute atomic E-state index is 12.3. The van der Waals surface area contributed by atoms with Gasteiger partial charge in [-0.05, 0) is 25.2 Å². The van der Waals surface area contributed by atoms with E-state index in [2.05, 4.69) is 27.7 Å². The van der Waals surface area contributed by atoms with Gasteiger partial charge in [-0.2, -0.15) is 0 Å². The fourth-order valence-corrected chi connectivity index (χ4v) is 3.80. The van der Waals surface area contributed by atoms with Gasteiger partial charge < -0.3 is 14.2 Å². The Labute approximate surface area is 215 Å². The third-order valence-corrected chi connectivity index (χ3v) is 6.04. The Hall–Kier alpha value is -1.59. The lowest BCUT2D eigenvalue weighted by molar-refractivity contribution is -0.167. The molecule has 206 valence electrons. The molecule has 6 nitrogen and oxygen atoms in total. The van der Waals surface area contributed by atoms with Crippen LogP contribution in [0.3, 0.4) is 0 Å². The van der Waals surface area contributed by atoms with Gasteiger partial charge in [0, 0.05) is 19.3 Å². The number of carbonyl (C=O) groups is 3. The molecule has 0 aliphatic carbocycles. The Morgan fingerprint density at radius 1 is 0.543 bits per heavy atom. The van der Waals surface area contributed by atoms with Crippen molar-refractivity contribution < 1.29 is 28.6 Å². The number of hydrogen-bond acceptors (Lipinski definition) is 6. The van der Waals surface area contributed by atoms with Crippen LogP contribution >= 0.6 is 0 Å². The van der Waals surface area contributed by atoms with E-state index in [-0.39, 0.29) is 31.1 Å². The van der Waals surface area contributed by atoms with E-state index >= 15 is 0 Å². The number of unbranched alkanes of at least 4 members (excludes halogenated alkanes) is 11. The molecule has 0 aromatic heterocycles. The molecule has 0 amide bonds. The zero-order valence-corrected chi connectivity index (χ0v) is 23.2. The highest BCUT2D eigenvalue weighted by Gasteiger charge is 2.19. The molecule has 0 bridgehead atoms. The van der Waals surface area contributed by atoms with Gasteiger partial charge in [0.05, 0.1) is 0 Å². The molecule has 0 aromatic rings. The minimum atomic E-state index is -0.754. The third kappa shape index (κ3) is 23.9.